The molecule has 3 atom stereocenters. The van der Waals surface area contributed by atoms with Crippen LogP contribution in [0.1, 0.15) is 32.3 Å². The van der Waals surface area contributed by atoms with Crippen molar-refractivity contribution >= 4 is 0 Å². The fourth-order valence-electron chi connectivity index (χ4n) is 2.06. The Balaban J connectivity index is 2.20. The summed E-state index contributed by atoms with van der Waals surface area (Å²) in [5.74, 6) is 1.45. The minimum atomic E-state index is -0.300. The molecule has 0 saturated carbocycles. The molecule has 0 spiro atoms. The zero-order valence-corrected chi connectivity index (χ0v) is 13.4. The van der Waals surface area contributed by atoms with E-state index in [0.717, 1.165) is 24.2 Å². The number of benzene rings is 1. The Morgan fingerprint density at radius 1 is 1.19 bits per heavy atom. The summed E-state index contributed by atoms with van der Waals surface area (Å²) in [6.07, 6.45) is 3.25. The Kier molecular flexibility index (Phi) is 8.09. The van der Waals surface area contributed by atoms with Crippen molar-refractivity contribution in [1.29, 1.82) is 0 Å². The second-order valence-electron chi connectivity index (χ2n) is 5.71. The molecule has 0 aliphatic rings. The van der Waals surface area contributed by atoms with Gasteiger partial charge in [-0.25, -0.2) is 0 Å². The lowest BCUT2D eigenvalue weighted by atomic mass is 9.96. The number of hydrogen-bond donors (Lipinski definition) is 1. The van der Waals surface area contributed by atoms with E-state index in [0.29, 0.717) is 19.1 Å². The van der Waals surface area contributed by atoms with Crippen molar-refractivity contribution in [3.8, 4) is 5.75 Å². The molecule has 1 rings (SSSR count). The van der Waals surface area contributed by atoms with E-state index in [9.17, 15) is 5.11 Å². The third kappa shape index (κ3) is 6.78. The Bertz CT molecular complexity index is 399. The third-order valence-corrected chi connectivity index (χ3v) is 3.76. The zero-order valence-electron chi connectivity index (χ0n) is 13.4. The van der Waals surface area contributed by atoms with Gasteiger partial charge in [0.25, 0.3) is 0 Å². The van der Waals surface area contributed by atoms with E-state index in [1.807, 2.05) is 31.2 Å². The highest BCUT2D eigenvalue weighted by molar-refractivity contribution is 5.26. The lowest BCUT2D eigenvalue weighted by Gasteiger charge is -2.18. The highest BCUT2D eigenvalue weighted by Gasteiger charge is 2.12. The second-order valence-corrected chi connectivity index (χ2v) is 5.71. The molecule has 0 heterocycles. The van der Waals surface area contributed by atoms with Gasteiger partial charge in [-0.1, -0.05) is 32.1 Å². The van der Waals surface area contributed by atoms with Gasteiger partial charge in [0.05, 0.1) is 19.8 Å². The summed E-state index contributed by atoms with van der Waals surface area (Å²) in [4.78, 5) is 0. The number of hydrogen-bond acceptors (Lipinski definition) is 3. The van der Waals surface area contributed by atoms with Gasteiger partial charge in [-0.2, -0.15) is 0 Å². The van der Waals surface area contributed by atoms with E-state index in [2.05, 4.69) is 13.5 Å². The van der Waals surface area contributed by atoms with Gasteiger partial charge < -0.3 is 14.6 Å². The van der Waals surface area contributed by atoms with Crippen molar-refractivity contribution in [2.45, 2.75) is 39.4 Å². The normalized spacial score (nSPS) is 15.2. The Labute approximate surface area is 128 Å². The summed E-state index contributed by atoms with van der Waals surface area (Å²) >= 11 is 0. The molecule has 1 aromatic rings. The molecule has 21 heavy (non-hydrogen) atoms. The lowest BCUT2D eigenvalue weighted by Crippen LogP contribution is -2.17. The Hall–Kier alpha value is -1.32. The van der Waals surface area contributed by atoms with Crippen molar-refractivity contribution in [2.75, 3.05) is 13.7 Å². The molecular formula is C18H28O3. The van der Waals surface area contributed by atoms with Crippen molar-refractivity contribution in [3.63, 3.8) is 0 Å². The summed E-state index contributed by atoms with van der Waals surface area (Å²) in [7, 11) is 1.66. The fourth-order valence-corrected chi connectivity index (χ4v) is 2.06. The van der Waals surface area contributed by atoms with Crippen LogP contribution >= 0.6 is 0 Å². The van der Waals surface area contributed by atoms with Gasteiger partial charge >= 0.3 is 0 Å². The van der Waals surface area contributed by atoms with Crippen LogP contribution in [0.25, 0.3) is 0 Å². The van der Waals surface area contributed by atoms with Crippen LogP contribution in [0.15, 0.2) is 36.9 Å². The molecule has 118 valence electrons. The Morgan fingerprint density at radius 3 is 2.43 bits per heavy atom. The van der Waals surface area contributed by atoms with Crippen LogP contribution in [0.2, 0.25) is 0 Å². The quantitative estimate of drug-likeness (QED) is 0.666. The van der Waals surface area contributed by atoms with E-state index in [1.165, 1.54) is 0 Å². The highest BCUT2D eigenvalue weighted by Crippen LogP contribution is 2.16. The van der Waals surface area contributed by atoms with E-state index in [4.69, 9.17) is 9.47 Å². The number of aliphatic hydroxyl groups is 1. The Morgan fingerprint density at radius 2 is 1.86 bits per heavy atom. The number of aliphatic hydroxyl groups excluding tert-OH is 1. The maximum absolute atomic E-state index is 9.90. The van der Waals surface area contributed by atoms with Crippen molar-refractivity contribution in [2.24, 2.45) is 11.8 Å². The van der Waals surface area contributed by atoms with Crippen molar-refractivity contribution in [3.05, 3.63) is 42.5 Å². The van der Waals surface area contributed by atoms with E-state index < -0.39 is 0 Å². The number of ether oxygens (including phenoxy) is 2. The van der Waals surface area contributed by atoms with Crippen molar-refractivity contribution in [1.82, 2.24) is 0 Å². The standard InChI is InChI=1S/C18H28O3/c1-5-15(3)18(19)11-6-14(2)12-21-13-16-7-9-17(20-4)10-8-16/h5,7-10,14-15,18-19H,1,6,11-13H2,2-4H3. The van der Waals surface area contributed by atoms with E-state index in [-0.39, 0.29) is 12.0 Å². The topological polar surface area (TPSA) is 38.7 Å². The van der Waals surface area contributed by atoms with Gasteiger partial charge in [-0.05, 0) is 42.4 Å². The highest BCUT2D eigenvalue weighted by atomic mass is 16.5. The number of methoxy groups -OCH3 is 1. The summed E-state index contributed by atoms with van der Waals surface area (Å²) in [5.41, 5.74) is 1.14. The molecule has 3 nitrogen and oxygen atoms in total. The predicted molar refractivity (Wildman–Crippen MR) is 86.4 cm³/mol. The van der Waals surface area contributed by atoms with Crippen LogP contribution in [-0.4, -0.2) is 24.9 Å². The summed E-state index contributed by atoms with van der Waals surface area (Å²) in [5, 5.41) is 9.90. The SMILES string of the molecule is C=CC(C)C(O)CCC(C)COCc1ccc(OC)cc1. The molecule has 1 N–H and O–H groups in total. The first-order valence-corrected chi connectivity index (χ1v) is 7.58. The molecule has 0 aromatic heterocycles. The molecule has 3 heteroatoms. The minimum Gasteiger partial charge on any atom is -0.497 e. The van der Waals surface area contributed by atoms with Gasteiger partial charge in [0.15, 0.2) is 0 Å². The van der Waals surface area contributed by atoms with Crippen LogP contribution < -0.4 is 4.74 Å². The monoisotopic (exact) mass is 292 g/mol. The van der Waals surface area contributed by atoms with Gasteiger partial charge in [0.2, 0.25) is 0 Å². The molecule has 0 amide bonds. The predicted octanol–water partition coefficient (Wildman–Crippen LogP) is 3.81. The largest absolute Gasteiger partial charge is 0.497 e. The third-order valence-electron chi connectivity index (χ3n) is 3.76. The van der Waals surface area contributed by atoms with Gasteiger partial charge in [0, 0.05) is 6.61 Å². The smallest absolute Gasteiger partial charge is 0.118 e. The van der Waals surface area contributed by atoms with Gasteiger partial charge in [-0.15, -0.1) is 6.58 Å². The van der Waals surface area contributed by atoms with Crippen molar-refractivity contribution < 1.29 is 14.6 Å². The molecule has 1 aromatic carbocycles. The van der Waals surface area contributed by atoms with Crippen LogP contribution in [-0.2, 0) is 11.3 Å². The van der Waals surface area contributed by atoms with Crippen LogP contribution in [0.5, 0.6) is 5.75 Å². The molecule has 0 aliphatic carbocycles. The second kappa shape index (κ2) is 9.59. The first-order valence-electron chi connectivity index (χ1n) is 7.58. The van der Waals surface area contributed by atoms with Crippen LogP contribution in [0.4, 0.5) is 0 Å². The maximum atomic E-state index is 9.90. The molecule has 0 bridgehead atoms. The lowest BCUT2D eigenvalue weighted by molar-refractivity contribution is 0.0749. The van der Waals surface area contributed by atoms with E-state index >= 15 is 0 Å². The van der Waals surface area contributed by atoms with Crippen LogP contribution in [0, 0.1) is 11.8 Å². The molecule has 0 fully saturated rings. The molecule has 3 unspecified atom stereocenters. The van der Waals surface area contributed by atoms with E-state index in [1.54, 1.807) is 13.2 Å². The maximum Gasteiger partial charge on any atom is 0.118 e. The average Bonchev–Trinajstić information content (AvgIpc) is 2.52. The first-order chi connectivity index (χ1) is 10.1. The molecule has 0 saturated heterocycles. The summed E-state index contributed by atoms with van der Waals surface area (Å²) < 4.78 is 10.9. The minimum absolute atomic E-state index is 0.150. The van der Waals surface area contributed by atoms with Gasteiger partial charge in [-0.3, -0.25) is 0 Å². The average molecular weight is 292 g/mol. The fraction of sp³-hybridized carbons (Fsp3) is 0.556. The summed E-state index contributed by atoms with van der Waals surface area (Å²) in [6.45, 7) is 9.17. The molecule has 0 aliphatic heterocycles. The first kappa shape index (κ1) is 17.7. The zero-order chi connectivity index (χ0) is 15.7. The van der Waals surface area contributed by atoms with Gasteiger partial charge in [0.1, 0.15) is 5.75 Å². The summed E-state index contributed by atoms with van der Waals surface area (Å²) in [6, 6.07) is 7.91. The van der Waals surface area contributed by atoms with Crippen LogP contribution in [0.3, 0.4) is 0 Å². The molecular weight excluding hydrogens is 264 g/mol. The number of rotatable bonds is 10. The molecule has 0 radical (unpaired) electrons.